The van der Waals surface area contributed by atoms with Crippen LogP contribution in [0.3, 0.4) is 0 Å². The van der Waals surface area contributed by atoms with Crippen LogP contribution < -0.4 is 10.1 Å². The van der Waals surface area contributed by atoms with Gasteiger partial charge >= 0.3 is 6.61 Å². The van der Waals surface area contributed by atoms with Gasteiger partial charge in [0.05, 0.1) is 5.60 Å². The zero-order valence-corrected chi connectivity index (χ0v) is 13.0. The van der Waals surface area contributed by atoms with E-state index in [1.807, 2.05) is 0 Å². The Morgan fingerprint density at radius 2 is 2.04 bits per heavy atom. The standard InChI is InChI=1S/C17H21F2NO3/c1-12(13-6-2-3-7-14(13)23-16(18)19)10-15(21)20-11-17(22)8-4-5-9-17/h2-3,6-7,10,16,22H,4-5,8-9,11H2,1H3,(H,20,21)/b12-10-. The zero-order valence-electron chi connectivity index (χ0n) is 13.0. The second-order valence-electron chi connectivity index (χ2n) is 5.85. The van der Waals surface area contributed by atoms with E-state index in [0.717, 1.165) is 12.8 Å². The number of halogens is 2. The number of carbonyl (C=O) groups excluding carboxylic acids is 1. The largest absolute Gasteiger partial charge is 0.434 e. The number of ether oxygens (including phenoxy) is 1. The number of rotatable bonds is 6. The Bertz CT molecular complexity index is 581. The third kappa shape index (κ3) is 5.03. The molecular weight excluding hydrogens is 304 g/mol. The van der Waals surface area contributed by atoms with Gasteiger partial charge in [-0.05, 0) is 31.4 Å². The van der Waals surface area contributed by atoms with Gasteiger partial charge in [0.2, 0.25) is 5.91 Å². The van der Waals surface area contributed by atoms with Crippen LogP contribution in [0.15, 0.2) is 30.3 Å². The minimum absolute atomic E-state index is 0.0264. The summed E-state index contributed by atoms with van der Waals surface area (Å²) in [6.07, 6.45) is 4.60. The summed E-state index contributed by atoms with van der Waals surface area (Å²) in [6.45, 7) is -1.07. The molecule has 4 nitrogen and oxygen atoms in total. The molecule has 0 heterocycles. The van der Waals surface area contributed by atoms with Crippen LogP contribution in [0.4, 0.5) is 8.78 Å². The van der Waals surface area contributed by atoms with Gasteiger partial charge < -0.3 is 15.2 Å². The summed E-state index contributed by atoms with van der Waals surface area (Å²) in [7, 11) is 0. The highest BCUT2D eigenvalue weighted by Crippen LogP contribution is 2.29. The van der Waals surface area contributed by atoms with Crippen molar-refractivity contribution in [2.45, 2.75) is 44.8 Å². The smallest absolute Gasteiger partial charge is 0.387 e. The number of nitrogens with one attached hydrogen (secondary N) is 1. The number of aliphatic hydroxyl groups is 1. The van der Waals surface area contributed by atoms with E-state index in [1.165, 1.54) is 12.1 Å². The van der Waals surface area contributed by atoms with Crippen LogP contribution in [0, 0.1) is 0 Å². The number of hydrogen-bond acceptors (Lipinski definition) is 3. The fourth-order valence-corrected chi connectivity index (χ4v) is 2.78. The summed E-state index contributed by atoms with van der Waals surface area (Å²) in [5.41, 5.74) is 0.119. The minimum Gasteiger partial charge on any atom is -0.434 e. The summed E-state index contributed by atoms with van der Waals surface area (Å²) >= 11 is 0. The minimum atomic E-state index is -2.92. The highest BCUT2D eigenvalue weighted by atomic mass is 19.3. The van der Waals surface area contributed by atoms with Gasteiger partial charge in [0.25, 0.3) is 0 Å². The van der Waals surface area contributed by atoms with Crippen LogP contribution in [0.25, 0.3) is 5.57 Å². The number of benzene rings is 1. The molecule has 0 spiro atoms. The average Bonchev–Trinajstić information content (AvgIpc) is 2.92. The highest BCUT2D eigenvalue weighted by Gasteiger charge is 2.31. The van der Waals surface area contributed by atoms with E-state index < -0.39 is 12.2 Å². The quantitative estimate of drug-likeness (QED) is 0.790. The predicted molar refractivity (Wildman–Crippen MR) is 83.2 cm³/mol. The highest BCUT2D eigenvalue weighted by molar-refractivity contribution is 5.95. The molecule has 0 aliphatic heterocycles. The van der Waals surface area contributed by atoms with Crippen LogP contribution in [0.1, 0.15) is 38.2 Å². The topological polar surface area (TPSA) is 58.6 Å². The van der Waals surface area contributed by atoms with E-state index in [9.17, 15) is 18.7 Å². The predicted octanol–water partition coefficient (Wildman–Crippen LogP) is 3.11. The van der Waals surface area contributed by atoms with Gasteiger partial charge in [-0.2, -0.15) is 8.78 Å². The number of carbonyl (C=O) groups is 1. The molecule has 1 aromatic rings. The molecule has 1 aliphatic rings. The molecule has 0 aromatic heterocycles. The van der Waals surface area contributed by atoms with E-state index in [2.05, 4.69) is 10.1 Å². The van der Waals surface area contributed by atoms with E-state index in [0.29, 0.717) is 24.0 Å². The van der Waals surface area contributed by atoms with E-state index in [1.54, 1.807) is 25.1 Å². The van der Waals surface area contributed by atoms with Gasteiger partial charge in [0.15, 0.2) is 0 Å². The first kappa shape index (κ1) is 17.4. The lowest BCUT2D eigenvalue weighted by Crippen LogP contribution is -2.40. The molecule has 0 unspecified atom stereocenters. The summed E-state index contributed by atoms with van der Waals surface area (Å²) in [5, 5.41) is 12.9. The Hall–Kier alpha value is -1.95. The Balaban J connectivity index is 2.02. The molecular formula is C17H21F2NO3. The van der Waals surface area contributed by atoms with Gasteiger partial charge in [-0.15, -0.1) is 0 Å². The van der Waals surface area contributed by atoms with E-state index in [-0.39, 0.29) is 18.2 Å². The summed E-state index contributed by atoms with van der Waals surface area (Å²) in [5.74, 6) is -0.340. The van der Waals surface area contributed by atoms with E-state index in [4.69, 9.17) is 0 Å². The van der Waals surface area contributed by atoms with Crippen LogP contribution in [0.2, 0.25) is 0 Å². The lowest BCUT2D eigenvalue weighted by molar-refractivity contribution is -0.117. The first-order valence-electron chi connectivity index (χ1n) is 7.62. The Morgan fingerprint density at radius 1 is 1.39 bits per heavy atom. The van der Waals surface area contributed by atoms with Crippen LogP contribution in [-0.4, -0.2) is 29.8 Å². The van der Waals surface area contributed by atoms with Crippen molar-refractivity contribution in [2.75, 3.05) is 6.54 Å². The maximum absolute atomic E-state index is 12.4. The summed E-state index contributed by atoms with van der Waals surface area (Å²) in [4.78, 5) is 12.0. The second-order valence-corrected chi connectivity index (χ2v) is 5.85. The lowest BCUT2D eigenvalue weighted by atomic mass is 10.0. The average molecular weight is 325 g/mol. The molecule has 2 N–H and O–H groups in total. The zero-order chi connectivity index (χ0) is 16.9. The summed E-state index contributed by atoms with van der Waals surface area (Å²) in [6, 6.07) is 6.31. The molecule has 1 aliphatic carbocycles. The Kier molecular flexibility index (Phi) is 5.71. The van der Waals surface area contributed by atoms with Crippen LogP contribution in [0.5, 0.6) is 5.75 Å². The maximum Gasteiger partial charge on any atom is 0.387 e. The monoisotopic (exact) mass is 325 g/mol. The second kappa shape index (κ2) is 7.55. The first-order valence-corrected chi connectivity index (χ1v) is 7.62. The molecule has 0 saturated heterocycles. The molecule has 23 heavy (non-hydrogen) atoms. The van der Waals surface area contributed by atoms with Crippen molar-refractivity contribution >= 4 is 11.5 Å². The van der Waals surface area contributed by atoms with Crippen molar-refractivity contribution in [3.63, 3.8) is 0 Å². The van der Waals surface area contributed by atoms with Gasteiger partial charge in [-0.25, -0.2) is 0 Å². The van der Waals surface area contributed by atoms with Crippen molar-refractivity contribution in [2.24, 2.45) is 0 Å². The van der Waals surface area contributed by atoms with Crippen LogP contribution >= 0.6 is 0 Å². The normalized spacial score (nSPS) is 17.3. The maximum atomic E-state index is 12.4. The van der Waals surface area contributed by atoms with Gasteiger partial charge in [0.1, 0.15) is 5.75 Å². The lowest BCUT2D eigenvalue weighted by Gasteiger charge is -2.21. The molecule has 0 atom stereocenters. The molecule has 0 bridgehead atoms. The van der Waals surface area contributed by atoms with Crippen LogP contribution in [-0.2, 0) is 4.79 Å². The number of allylic oxidation sites excluding steroid dienone is 1. The number of hydrogen-bond donors (Lipinski definition) is 2. The third-order valence-electron chi connectivity index (χ3n) is 4.00. The number of alkyl halides is 2. The molecule has 2 rings (SSSR count). The molecule has 6 heteroatoms. The molecule has 1 aromatic carbocycles. The van der Waals surface area contributed by atoms with Gasteiger partial charge in [-0.1, -0.05) is 31.0 Å². The van der Waals surface area contributed by atoms with Crippen molar-refractivity contribution in [1.82, 2.24) is 5.32 Å². The van der Waals surface area contributed by atoms with Crippen molar-refractivity contribution in [3.05, 3.63) is 35.9 Å². The molecule has 1 amide bonds. The van der Waals surface area contributed by atoms with Gasteiger partial charge in [0, 0.05) is 18.2 Å². The first-order chi connectivity index (χ1) is 10.9. The van der Waals surface area contributed by atoms with Crippen molar-refractivity contribution in [3.8, 4) is 5.75 Å². The van der Waals surface area contributed by atoms with Crippen molar-refractivity contribution < 1.29 is 23.4 Å². The van der Waals surface area contributed by atoms with Gasteiger partial charge in [-0.3, -0.25) is 4.79 Å². The third-order valence-corrected chi connectivity index (χ3v) is 4.00. The van der Waals surface area contributed by atoms with Crippen molar-refractivity contribution in [1.29, 1.82) is 0 Å². The molecule has 0 radical (unpaired) electrons. The summed E-state index contributed by atoms with van der Waals surface area (Å²) < 4.78 is 29.3. The SMILES string of the molecule is C/C(=C/C(=O)NCC1(O)CCCC1)c1ccccc1OC(F)F. The fraction of sp³-hybridized carbons (Fsp3) is 0.471. The Labute approximate surface area is 134 Å². The molecule has 1 saturated carbocycles. The Morgan fingerprint density at radius 3 is 2.70 bits per heavy atom. The number of para-hydroxylation sites is 1. The molecule has 126 valence electrons. The molecule has 1 fully saturated rings. The number of amides is 1. The van der Waals surface area contributed by atoms with E-state index >= 15 is 0 Å². The fourth-order valence-electron chi connectivity index (χ4n) is 2.78.